The van der Waals surface area contributed by atoms with Gasteiger partial charge in [0.05, 0.1) is 31.3 Å². The summed E-state index contributed by atoms with van der Waals surface area (Å²) in [4.78, 5) is 17.1. The van der Waals surface area contributed by atoms with Crippen LogP contribution in [0.3, 0.4) is 0 Å². The first-order valence-corrected chi connectivity index (χ1v) is 11.9. The highest BCUT2D eigenvalue weighted by molar-refractivity contribution is 5.81. The predicted molar refractivity (Wildman–Crippen MR) is 132 cm³/mol. The Bertz CT molecular complexity index is 1120. The molecule has 0 bridgehead atoms. The number of nitrogens with one attached hydrogen (secondary N) is 1. The van der Waals surface area contributed by atoms with Gasteiger partial charge in [0.1, 0.15) is 11.9 Å². The van der Waals surface area contributed by atoms with E-state index in [0.717, 1.165) is 72.6 Å². The van der Waals surface area contributed by atoms with Crippen molar-refractivity contribution in [2.45, 2.75) is 51.3 Å². The van der Waals surface area contributed by atoms with Gasteiger partial charge in [-0.15, -0.1) is 6.58 Å². The van der Waals surface area contributed by atoms with Crippen LogP contribution in [0.4, 0.5) is 0 Å². The van der Waals surface area contributed by atoms with Gasteiger partial charge in [-0.1, -0.05) is 24.3 Å². The third-order valence-electron chi connectivity index (χ3n) is 6.02. The summed E-state index contributed by atoms with van der Waals surface area (Å²) in [7, 11) is 1.66. The van der Waals surface area contributed by atoms with Gasteiger partial charge in [-0.3, -0.25) is 4.79 Å². The number of hydrogen-bond acceptors (Lipinski definition) is 5. The number of para-hydroxylation sites is 2. The quantitative estimate of drug-likeness (QED) is 0.318. The minimum absolute atomic E-state index is 0.0578. The van der Waals surface area contributed by atoms with Crippen LogP contribution in [0.1, 0.15) is 37.1 Å². The van der Waals surface area contributed by atoms with Crippen LogP contribution in [0.15, 0.2) is 55.1 Å². The summed E-state index contributed by atoms with van der Waals surface area (Å²) in [6, 6.07) is 14.1. The van der Waals surface area contributed by atoms with Gasteiger partial charge < -0.3 is 24.1 Å². The maximum Gasteiger partial charge on any atom is 0.249 e. The Hall–Kier alpha value is -3.32. The summed E-state index contributed by atoms with van der Waals surface area (Å²) in [6.07, 6.45) is 5.85. The molecule has 1 atom stereocenters. The second-order valence-electron chi connectivity index (χ2n) is 8.42. The van der Waals surface area contributed by atoms with E-state index in [4.69, 9.17) is 19.2 Å². The third kappa shape index (κ3) is 5.78. The topological polar surface area (TPSA) is 74.6 Å². The molecule has 7 nitrogen and oxygen atoms in total. The van der Waals surface area contributed by atoms with Crippen molar-refractivity contribution in [1.29, 1.82) is 0 Å². The van der Waals surface area contributed by atoms with Gasteiger partial charge in [-0.2, -0.15) is 0 Å². The fraction of sp³-hybridized carbons (Fsp3) is 0.407. The highest BCUT2D eigenvalue weighted by atomic mass is 16.5. The number of allylic oxidation sites excluding steroid dienone is 1. The van der Waals surface area contributed by atoms with Crippen molar-refractivity contribution in [3.05, 3.63) is 66.5 Å². The van der Waals surface area contributed by atoms with E-state index in [9.17, 15) is 4.79 Å². The average molecular weight is 464 g/mol. The Labute approximate surface area is 200 Å². The molecule has 0 spiro atoms. The largest absolute Gasteiger partial charge is 0.493 e. The van der Waals surface area contributed by atoms with Gasteiger partial charge in [0.15, 0.2) is 11.5 Å². The van der Waals surface area contributed by atoms with Crippen LogP contribution in [0.2, 0.25) is 0 Å². The average Bonchev–Trinajstić information content (AvgIpc) is 3.52. The molecule has 0 radical (unpaired) electrons. The Morgan fingerprint density at radius 2 is 2.15 bits per heavy atom. The molecule has 0 aliphatic carbocycles. The minimum atomic E-state index is -0.335. The number of fused-ring (bicyclic) bond motifs is 1. The molecular formula is C27H33N3O4. The molecule has 7 heteroatoms. The number of hydrogen-bond donors (Lipinski definition) is 1. The molecule has 3 aromatic rings. The van der Waals surface area contributed by atoms with Crippen LogP contribution in [-0.4, -0.2) is 41.9 Å². The van der Waals surface area contributed by atoms with E-state index < -0.39 is 0 Å². The highest BCUT2D eigenvalue weighted by Gasteiger charge is 2.23. The maximum absolute atomic E-state index is 12.4. The second-order valence-corrected chi connectivity index (χ2v) is 8.42. The molecular weight excluding hydrogens is 430 g/mol. The lowest BCUT2D eigenvalue weighted by atomic mass is 10.1. The van der Waals surface area contributed by atoms with Gasteiger partial charge in [-0.25, -0.2) is 4.98 Å². The number of nitrogens with zero attached hydrogens (tertiary/aromatic N) is 2. The second kappa shape index (κ2) is 11.7. The molecule has 1 saturated heterocycles. The van der Waals surface area contributed by atoms with Crippen molar-refractivity contribution in [2.24, 2.45) is 0 Å². The van der Waals surface area contributed by atoms with Crippen molar-refractivity contribution in [1.82, 2.24) is 14.9 Å². The fourth-order valence-electron chi connectivity index (χ4n) is 4.25. The molecule has 1 aromatic heterocycles. The first-order valence-electron chi connectivity index (χ1n) is 11.9. The van der Waals surface area contributed by atoms with Gasteiger partial charge in [0, 0.05) is 13.2 Å². The summed E-state index contributed by atoms with van der Waals surface area (Å²) in [5.41, 5.74) is 3.15. The van der Waals surface area contributed by atoms with Crippen molar-refractivity contribution in [2.75, 3.05) is 20.3 Å². The van der Waals surface area contributed by atoms with Crippen LogP contribution in [-0.2, 0) is 29.0 Å². The number of amides is 1. The SMILES string of the molecule is C=CCc1ccc(OCCCCn2c(CNC(=O)C3CCCO3)nc3ccccc32)c(OC)c1. The molecule has 1 unspecified atom stereocenters. The number of benzene rings is 2. The number of carbonyl (C=O) groups excluding carboxylic acids is 1. The first-order chi connectivity index (χ1) is 16.7. The zero-order valence-corrected chi connectivity index (χ0v) is 19.8. The molecule has 1 aliphatic rings. The third-order valence-corrected chi connectivity index (χ3v) is 6.02. The number of imidazole rings is 1. The van der Waals surface area contributed by atoms with Gasteiger partial charge >= 0.3 is 0 Å². The zero-order chi connectivity index (χ0) is 23.8. The molecule has 1 N–H and O–H groups in total. The number of unbranched alkanes of at least 4 members (excludes halogenated alkanes) is 1. The standard InChI is InChI=1S/C27H33N3O4/c1-3-9-20-13-14-23(25(18-20)32-2)33-16-7-6-15-30-22-11-5-4-10-21(22)29-26(30)19-28-27(31)24-12-8-17-34-24/h3-5,10-11,13-14,18,24H,1,6-9,12,15-17,19H2,2H3,(H,28,31). The molecule has 1 fully saturated rings. The normalized spacial score (nSPS) is 15.4. The predicted octanol–water partition coefficient (Wildman–Crippen LogP) is 4.43. The van der Waals surface area contributed by atoms with Crippen LogP contribution in [0, 0.1) is 0 Å². The summed E-state index contributed by atoms with van der Waals surface area (Å²) >= 11 is 0. The summed E-state index contributed by atoms with van der Waals surface area (Å²) in [5.74, 6) is 2.29. The number of carbonyl (C=O) groups is 1. The molecule has 1 aliphatic heterocycles. The Balaban J connectivity index is 1.33. The number of ether oxygens (including phenoxy) is 3. The van der Waals surface area contributed by atoms with Gasteiger partial charge in [-0.05, 0) is 61.9 Å². The van der Waals surface area contributed by atoms with Crippen LogP contribution >= 0.6 is 0 Å². The van der Waals surface area contributed by atoms with E-state index in [1.54, 1.807) is 7.11 Å². The van der Waals surface area contributed by atoms with Crippen molar-refractivity contribution >= 4 is 16.9 Å². The van der Waals surface area contributed by atoms with Crippen LogP contribution in [0.5, 0.6) is 11.5 Å². The minimum Gasteiger partial charge on any atom is -0.493 e. The maximum atomic E-state index is 12.4. The Kier molecular flexibility index (Phi) is 8.20. The molecule has 34 heavy (non-hydrogen) atoms. The van der Waals surface area contributed by atoms with Crippen molar-refractivity contribution < 1.29 is 19.0 Å². The van der Waals surface area contributed by atoms with E-state index in [-0.39, 0.29) is 12.0 Å². The van der Waals surface area contributed by atoms with E-state index in [1.807, 2.05) is 42.5 Å². The van der Waals surface area contributed by atoms with E-state index in [2.05, 4.69) is 22.5 Å². The fourth-order valence-corrected chi connectivity index (χ4v) is 4.25. The van der Waals surface area contributed by atoms with Crippen molar-refractivity contribution in [3.8, 4) is 11.5 Å². The monoisotopic (exact) mass is 463 g/mol. The summed E-state index contributed by atoms with van der Waals surface area (Å²) < 4.78 is 19.1. The Morgan fingerprint density at radius 1 is 1.26 bits per heavy atom. The summed E-state index contributed by atoms with van der Waals surface area (Å²) in [6.45, 7) is 6.21. The molecule has 1 amide bonds. The zero-order valence-electron chi connectivity index (χ0n) is 19.8. The number of aryl methyl sites for hydroxylation is 1. The molecule has 2 heterocycles. The van der Waals surface area contributed by atoms with E-state index in [0.29, 0.717) is 19.8 Å². The highest BCUT2D eigenvalue weighted by Crippen LogP contribution is 2.28. The van der Waals surface area contributed by atoms with Gasteiger partial charge in [0.25, 0.3) is 0 Å². The van der Waals surface area contributed by atoms with Crippen LogP contribution in [0.25, 0.3) is 11.0 Å². The van der Waals surface area contributed by atoms with E-state index >= 15 is 0 Å². The number of aromatic nitrogens is 2. The molecule has 180 valence electrons. The lowest BCUT2D eigenvalue weighted by Gasteiger charge is -2.13. The van der Waals surface area contributed by atoms with Crippen molar-refractivity contribution in [3.63, 3.8) is 0 Å². The lowest BCUT2D eigenvalue weighted by Crippen LogP contribution is -2.34. The number of methoxy groups -OCH3 is 1. The molecule has 4 rings (SSSR count). The van der Waals surface area contributed by atoms with Crippen LogP contribution < -0.4 is 14.8 Å². The lowest BCUT2D eigenvalue weighted by molar-refractivity contribution is -0.130. The summed E-state index contributed by atoms with van der Waals surface area (Å²) in [5, 5.41) is 3.00. The molecule has 0 saturated carbocycles. The van der Waals surface area contributed by atoms with Gasteiger partial charge in [0.2, 0.25) is 5.91 Å². The first kappa shape index (κ1) is 23.8. The number of rotatable bonds is 12. The smallest absolute Gasteiger partial charge is 0.249 e. The Morgan fingerprint density at radius 3 is 2.94 bits per heavy atom. The van der Waals surface area contributed by atoms with E-state index in [1.165, 1.54) is 0 Å². The molecule has 2 aromatic carbocycles.